The molecule has 166 valence electrons. The summed E-state index contributed by atoms with van der Waals surface area (Å²) < 4.78 is 8.79. The maximum absolute atomic E-state index is 12.7. The minimum Gasteiger partial charge on any atom is -0.455 e. The molecule has 4 heterocycles. The van der Waals surface area contributed by atoms with E-state index in [1.807, 2.05) is 48.9 Å². The van der Waals surface area contributed by atoms with E-state index in [9.17, 15) is 9.59 Å². The van der Waals surface area contributed by atoms with E-state index in [0.717, 1.165) is 27.0 Å². The van der Waals surface area contributed by atoms with Crippen molar-refractivity contribution in [3.8, 4) is 0 Å². The lowest BCUT2D eigenvalue weighted by Crippen LogP contribution is -2.16. The van der Waals surface area contributed by atoms with Crippen molar-refractivity contribution in [2.45, 2.75) is 27.0 Å². The second-order valence-corrected chi connectivity index (χ2v) is 9.20. The van der Waals surface area contributed by atoms with E-state index in [1.165, 1.54) is 21.8 Å². The minimum atomic E-state index is -0.467. The summed E-state index contributed by atoms with van der Waals surface area (Å²) in [6, 6.07) is 14.4. The molecule has 0 atom stereocenters. The van der Waals surface area contributed by atoms with Gasteiger partial charge in [0.25, 0.3) is 5.56 Å². The summed E-state index contributed by atoms with van der Waals surface area (Å²) in [7, 11) is 0. The van der Waals surface area contributed by atoms with Crippen molar-refractivity contribution in [3.63, 3.8) is 0 Å². The Hall–Kier alpha value is -3.49. The highest BCUT2D eigenvalue weighted by molar-refractivity contribution is 7.20. The molecule has 5 aromatic rings. The molecule has 0 N–H and O–H groups in total. The van der Waals surface area contributed by atoms with Crippen molar-refractivity contribution in [2.24, 2.45) is 0 Å². The average molecular weight is 479 g/mol. The topological polar surface area (TPSA) is 78.5 Å². The Morgan fingerprint density at radius 1 is 1.15 bits per heavy atom. The van der Waals surface area contributed by atoms with Crippen LogP contribution in [0.1, 0.15) is 32.2 Å². The van der Waals surface area contributed by atoms with Gasteiger partial charge in [-0.3, -0.25) is 13.9 Å². The first-order valence-corrected chi connectivity index (χ1v) is 11.4. The molecule has 0 saturated carbocycles. The maximum Gasteiger partial charge on any atom is 0.348 e. The first-order valence-electron chi connectivity index (χ1n) is 10.3. The fourth-order valence-electron chi connectivity index (χ4n) is 3.65. The van der Waals surface area contributed by atoms with Crippen LogP contribution >= 0.6 is 22.9 Å². The summed E-state index contributed by atoms with van der Waals surface area (Å²) in [4.78, 5) is 30.9. The molecule has 0 unspecified atom stereocenters. The number of benzene rings is 1. The standard InChI is InChI=1S/C24H19ClN4O3S/c1-14-7-8-21-26-17(9-22(30)28(21)11-14)13-32-24(31)20-10-18-15(2)27-29(23(18)33-20)12-16-5-3-4-6-19(16)25/h3-11H,12-13H2,1-2H3. The van der Waals surface area contributed by atoms with Gasteiger partial charge < -0.3 is 4.74 Å². The number of thiophene rings is 1. The average Bonchev–Trinajstić information content (AvgIpc) is 3.35. The summed E-state index contributed by atoms with van der Waals surface area (Å²) >= 11 is 7.62. The number of hydrogen-bond acceptors (Lipinski definition) is 6. The molecule has 1 aromatic carbocycles. The number of pyridine rings is 1. The van der Waals surface area contributed by atoms with Crippen LogP contribution in [0.2, 0.25) is 5.02 Å². The summed E-state index contributed by atoms with van der Waals surface area (Å²) in [6.45, 7) is 4.23. The van der Waals surface area contributed by atoms with Crippen LogP contribution in [0.3, 0.4) is 0 Å². The first kappa shape index (κ1) is 21.4. The maximum atomic E-state index is 12.7. The van der Waals surface area contributed by atoms with Crippen LogP contribution in [0.4, 0.5) is 0 Å². The molecule has 0 saturated heterocycles. The molecule has 9 heteroatoms. The number of carbonyl (C=O) groups excluding carboxylic acids is 1. The van der Waals surface area contributed by atoms with Crippen LogP contribution in [0, 0.1) is 13.8 Å². The quantitative estimate of drug-likeness (QED) is 0.340. The summed E-state index contributed by atoms with van der Waals surface area (Å²) in [5.74, 6) is -0.467. The third-order valence-corrected chi connectivity index (χ3v) is 6.80. The van der Waals surface area contributed by atoms with Gasteiger partial charge in [-0.05, 0) is 43.2 Å². The summed E-state index contributed by atoms with van der Waals surface area (Å²) in [5.41, 5.74) is 3.43. The van der Waals surface area contributed by atoms with Gasteiger partial charge in [0.1, 0.15) is 22.0 Å². The molecule has 33 heavy (non-hydrogen) atoms. The lowest BCUT2D eigenvalue weighted by molar-refractivity contribution is 0.0473. The molecule has 0 bridgehead atoms. The zero-order valence-corrected chi connectivity index (χ0v) is 19.5. The van der Waals surface area contributed by atoms with E-state index < -0.39 is 5.97 Å². The third-order valence-electron chi connectivity index (χ3n) is 5.30. The highest BCUT2D eigenvalue weighted by atomic mass is 35.5. The van der Waals surface area contributed by atoms with E-state index in [4.69, 9.17) is 16.3 Å². The van der Waals surface area contributed by atoms with Crippen molar-refractivity contribution >= 4 is 44.8 Å². The Balaban J connectivity index is 1.37. The van der Waals surface area contributed by atoms with Crippen LogP contribution in [0.5, 0.6) is 0 Å². The summed E-state index contributed by atoms with van der Waals surface area (Å²) in [6.07, 6.45) is 1.73. The first-order chi connectivity index (χ1) is 15.9. The van der Waals surface area contributed by atoms with E-state index in [-0.39, 0.29) is 12.2 Å². The molecule has 4 aromatic heterocycles. The molecular weight excluding hydrogens is 460 g/mol. The number of carbonyl (C=O) groups is 1. The Kier molecular flexibility index (Phi) is 5.47. The van der Waals surface area contributed by atoms with E-state index in [0.29, 0.717) is 27.8 Å². The number of ether oxygens (including phenoxy) is 1. The van der Waals surface area contributed by atoms with E-state index in [1.54, 1.807) is 18.3 Å². The van der Waals surface area contributed by atoms with Gasteiger partial charge in [-0.2, -0.15) is 5.10 Å². The second-order valence-electron chi connectivity index (χ2n) is 7.76. The molecular formula is C24H19ClN4O3S. The predicted octanol–water partition coefficient (Wildman–Crippen LogP) is 4.78. The lowest BCUT2D eigenvalue weighted by atomic mass is 10.2. The van der Waals surface area contributed by atoms with Gasteiger partial charge in [-0.15, -0.1) is 11.3 Å². The molecule has 0 aliphatic carbocycles. The number of fused-ring (bicyclic) bond motifs is 2. The van der Waals surface area contributed by atoms with Crippen LogP contribution in [0.25, 0.3) is 15.9 Å². The highest BCUT2D eigenvalue weighted by Gasteiger charge is 2.18. The zero-order valence-electron chi connectivity index (χ0n) is 17.9. The molecule has 5 rings (SSSR count). The fourth-order valence-corrected chi connectivity index (χ4v) is 4.90. The van der Waals surface area contributed by atoms with E-state index in [2.05, 4.69) is 10.1 Å². The Morgan fingerprint density at radius 3 is 2.79 bits per heavy atom. The fraction of sp³-hybridized carbons (Fsp3) is 0.167. The number of hydrogen-bond donors (Lipinski definition) is 0. The smallest absolute Gasteiger partial charge is 0.348 e. The molecule has 0 radical (unpaired) electrons. The Bertz CT molecular complexity index is 1580. The Morgan fingerprint density at radius 2 is 1.97 bits per heavy atom. The highest BCUT2D eigenvalue weighted by Crippen LogP contribution is 2.30. The van der Waals surface area contributed by atoms with Gasteiger partial charge in [0.2, 0.25) is 0 Å². The van der Waals surface area contributed by atoms with Crippen LogP contribution in [0.15, 0.2) is 59.5 Å². The number of nitrogens with zero attached hydrogens (tertiary/aromatic N) is 4. The third kappa shape index (κ3) is 4.15. The molecule has 0 fully saturated rings. The second kappa shape index (κ2) is 8.46. The summed E-state index contributed by atoms with van der Waals surface area (Å²) in [5, 5.41) is 6.16. The zero-order chi connectivity index (χ0) is 23.1. The van der Waals surface area contributed by atoms with Crippen molar-refractivity contribution in [2.75, 3.05) is 0 Å². The number of rotatable bonds is 5. The van der Waals surface area contributed by atoms with Crippen molar-refractivity contribution < 1.29 is 9.53 Å². The van der Waals surface area contributed by atoms with Crippen LogP contribution in [-0.4, -0.2) is 25.1 Å². The monoisotopic (exact) mass is 478 g/mol. The van der Waals surface area contributed by atoms with Gasteiger partial charge in [-0.25, -0.2) is 9.78 Å². The van der Waals surface area contributed by atoms with Gasteiger partial charge >= 0.3 is 5.97 Å². The lowest BCUT2D eigenvalue weighted by Gasteiger charge is -2.06. The number of halogens is 1. The van der Waals surface area contributed by atoms with Crippen molar-refractivity contribution in [3.05, 3.63) is 97.5 Å². The number of aromatic nitrogens is 4. The van der Waals surface area contributed by atoms with Gasteiger partial charge in [-0.1, -0.05) is 35.9 Å². The molecule has 0 aliphatic rings. The normalized spacial score (nSPS) is 11.4. The van der Waals surface area contributed by atoms with E-state index >= 15 is 0 Å². The molecule has 0 aliphatic heterocycles. The largest absolute Gasteiger partial charge is 0.455 e. The number of esters is 1. The van der Waals surface area contributed by atoms with Crippen LogP contribution < -0.4 is 5.56 Å². The Labute approximate surface area is 197 Å². The van der Waals surface area contributed by atoms with Gasteiger partial charge in [0, 0.05) is 22.7 Å². The minimum absolute atomic E-state index is 0.0859. The molecule has 7 nitrogen and oxygen atoms in total. The van der Waals surface area contributed by atoms with Crippen molar-refractivity contribution in [1.82, 2.24) is 19.2 Å². The number of aryl methyl sites for hydroxylation is 2. The van der Waals surface area contributed by atoms with Crippen LogP contribution in [-0.2, 0) is 17.9 Å². The predicted molar refractivity (Wildman–Crippen MR) is 128 cm³/mol. The van der Waals surface area contributed by atoms with Crippen molar-refractivity contribution in [1.29, 1.82) is 0 Å². The molecule has 0 amide bonds. The molecule has 0 spiro atoms. The van der Waals surface area contributed by atoms with Gasteiger partial charge in [0.15, 0.2) is 0 Å². The SMILES string of the molecule is Cc1ccc2nc(COC(=O)c3cc4c(C)nn(Cc5ccccc5Cl)c4s3)cc(=O)n2c1. The van der Waals surface area contributed by atoms with Gasteiger partial charge in [0.05, 0.1) is 17.9 Å².